The SMILES string of the molecule is CNc1cccc(CCC2CC(N3C(=O)CCC3=O)C2)n1. The van der Waals surface area contributed by atoms with Crippen molar-refractivity contribution in [3.63, 3.8) is 0 Å². The first kappa shape index (κ1) is 14.0. The van der Waals surface area contributed by atoms with E-state index in [0.29, 0.717) is 18.8 Å². The molecule has 1 aromatic heterocycles. The second kappa shape index (κ2) is 5.84. The van der Waals surface area contributed by atoms with Gasteiger partial charge in [-0.1, -0.05) is 6.07 Å². The molecule has 21 heavy (non-hydrogen) atoms. The lowest BCUT2D eigenvalue weighted by Gasteiger charge is -2.40. The maximum Gasteiger partial charge on any atom is 0.229 e. The summed E-state index contributed by atoms with van der Waals surface area (Å²) in [6.07, 6.45) is 4.76. The monoisotopic (exact) mass is 287 g/mol. The van der Waals surface area contributed by atoms with Crippen LogP contribution in [0.25, 0.3) is 0 Å². The van der Waals surface area contributed by atoms with Crippen molar-refractivity contribution in [2.24, 2.45) is 5.92 Å². The number of rotatable bonds is 5. The molecule has 1 aliphatic carbocycles. The van der Waals surface area contributed by atoms with Crippen LogP contribution in [0.3, 0.4) is 0 Å². The molecule has 0 unspecified atom stereocenters. The summed E-state index contributed by atoms with van der Waals surface area (Å²) in [6, 6.07) is 6.17. The molecule has 1 N–H and O–H groups in total. The quantitative estimate of drug-likeness (QED) is 0.841. The summed E-state index contributed by atoms with van der Waals surface area (Å²) in [5.41, 5.74) is 1.10. The van der Waals surface area contributed by atoms with Gasteiger partial charge in [0.25, 0.3) is 0 Å². The van der Waals surface area contributed by atoms with Crippen molar-refractivity contribution in [3.8, 4) is 0 Å². The lowest BCUT2D eigenvalue weighted by Crippen LogP contribution is -2.47. The van der Waals surface area contributed by atoms with E-state index in [4.69, 9.17) is 0 Å². The highest BCUT2D eigenvalue weighted by molar-refractivity contribution is 6.02. The predicted molar refractivity (Wildman–Crippen MR) is 79.7 cm³/mol. The third-order valence-electron chi connectivity index (χ3n) is 4.54. The number of likely N-dealkylation sites (tertiary alicyclic amines) is 1. The molecule has 2 heterocycles. The van der Waals surface area contributed by atoms with Crippen LogP contribution in [0.1, 0.15) is 37.8 Å². The van der Waals surface area contributed by atoms with Crippen molar-refractivity contribution in [3.05, 3.63) is 23.9 Å². The number of carbonyl (C=O) groups is 2. The Hall–Kier alpha value is -1.91. The average Bonchev–Trinajstić information content (AvgIpc) is 2.78. The van der Waals surface area contributed by atoms with Gasteiger partial charge in [-0.2, -0.15) is 0 Å². The fourth-order valence-electron chi connectivity index (χ4n) is 3.26. The van der Waals surface area contributed by atoms with E-state index in [2.05, 4.69) is 10.3 Å². The zero-order valence-electron chi connectivity index (χ0n) is 12.3. The van der Waals surface area contributed by atoms with Gasteiger partial charge in [0.05, 0.1) is 0 Å². The fourth-order valence-corrected chi connectivity index (χ4v) is 3.26. The van der Waals surface area contributed by atoms with Crippen LogP contribution in [-0.2, 0) is 16.0 Å². The Kier molecular flexibility index (Phi) is 3.90. The number of aryl methyl sites for hydroxylation is 1. The molecular weight excluding hydrogens is 266 g/mol. The summed E-state index contributed by atoms with van der Waals surface area (Å²) in [6.45, 7) is 0. The van der Waals surface area contributed by atoms with E-state index >= 15 is 0 Å². The van der Waals surface area contributed by atoms with Gasteiger partial charge in [-0.05, 0) is 43.7 Å². The Morgan fingerprint density at radius 2 is 1.95 bits per heavy atom. The van der Waals surface area contributed by atoms with Gasteiger partial charge in [0, 0.05) is 31.6 Å². The van der Waals surface area contributed by atoms with E-state index in [9.17, 15) is 9.59 Å². The van der Waals surface area contributed by atoms with Gasteiger partial charge in [-0.25, -0.2) is 4.98 Å². The van der Waals surface area contributed by atoms with Crippen LogP contribution in [0.4, 0.5) is 5.82 Å². The van der Waals surface area contributed by atoms with Crippen molar-refractivity contribution >= 4 is 17.6 Å². The van der Waals surface area contributed by atoms with Crippen molar-refractivity contribution in [2.45, 2.75) is 44.6 Å². The van der Waals surface area contributed by atoms with E-state index < -0.39 is 0 Å². The minimum atomic E-state index is 0.0202. The number of aromatic nitrogens is 1. The van der Waals surface area contributed by atoms with E-state index in [1.807, 2.05) is 25.2 Å². The molecule has 2 aliphatic rings. The lowest BCUT2D eigenvalue weighted by molar-refractivity contribution is -0.144. The van der Waals surface area contributed by atoms with Crippen molar-refractivity contribution < 1.29 is 9.59 Å². The third kappa shape index (κ3) is 2.91. The van der Waals surface area contributed by atoms with Gasteiger partial charge < -0.3 is 5.32 Å². The third-order valence-corrected chi connectivity index (χ3v) is 4.54. The van der Waals surface area contributed by atoms with Crippen LogP contribution in [0.15, 0.2) is 18.2 Å². The van der Waals surface area contributed by atoms with Gasteiger partial charge in [0.1, 0.15) is 5.82 Å². The number of hydrogen-bond donors (Lipinski definition) is 1. The topological polar surface area (TPSA) is 62.3 Å². The summed E-state index contributed by atoms with van der Waals surface area (Å²) in [5, 5.41) is 3.04. The molecule has 1 saturated carbocycles. The van der Waals surface area contributed by atoms with Gasteiger partial charge in [-0.15, -0.1) is 0 Å². The van der Waals surface area contributed by atoms with Crippen LogP contribution in [0.5, 0.6) is 0 Å². The van der Waals surface area contributed by atoms with E-state index in [1.54, 1.807) is 0 Å². The van der Waals surface area contributed by atoms with Crippen LogP contribution in [0.2, 0.25) is 0 Å². The van der Waals surface area contributed by atoms with Crippen molar-refractivity contribution in [1.29, 1.82) is 0 Å². The molecule has 1 saturated heterocycles. The molecule has 0 spiro atoms. The summed E-state index contributed by atoms with van der Waals surface area (Å²) >= 11 is 0. The van der Waals surface area contributed by atoms with Crippen LogP contribution in [-0.4, -0.2) is 34.8 Å². The lowest BCUT2D eigenvalue weighted by atomic mass is 9.76. The number of nitrogens with zero attached hydrogens (tertiary/aromatic N) is 2. The van der Waals surface area contributed by atoms with Gasteiger partial charge in [0.2, 0.25) is 11.8 Å². The molecule has 2 amide bonds. The number of imide groups is 1. The second-order valence-electron chi connectivity index (χ2n) is 5.95. The number of amides is 2. The van der Waals surface area contributed by atoms with Crippen molar-refractivity contribution in [1.82, 2.24) is 9.88 Å². The van der Waals surface area contributed by atoms with E-state index in [1.165, 1.54) is 4.90 Å². The Bertz CT molecular complexity index is 536. The molecule has 3 rings (SSSR count). The second-order valence-corrected chi connectivity index (χ2v) is 5.95. The first-order valence-electron chi connectivity index (χ1n) is 7.66. The first-order chi connectivity index (χ1) is 10.2. The fraction of sp³-hybridized carbons (Fsp3) is 0.562. The molecule has 5 heteroatoms. The largest absolute Gasteiger partial charge is 0.373 e. The highest BCUT2D eigenvalue weighted by Crippen LogP contribution is 2.37. The number of anilines is 1. The molecule has 0 atom stereocenters. The highest BCUT2D eigenvalue weighted by atomic mass is 16.2. The summed E-state index contributed by atoms with van der Waals surface area (Å²) in [4.78, 5) is 29.3. The predicted octanol–water partition coefficient (Wildman–Crippen LogP) is 1.98. The van der Waals surface area contributed by atoms with Crippen LogP contribution >= 0.6 is 0 Å². The zero-order valence-corrected chi connectivity index (χ0v) is 12.3. The maximum absolute atomic E-state index is 11.7. The Labute approximate surface area is 124 Å². The molecule has 1 aromatic rings. The number of pyridine rings is 1. The average molecular weight is 287 g/mol. The minimum absolute atomic E-state index is 0.0202. The first-order valence-corrected chi connectivity index (χ1v) is 7.66. The van der Waals surface area contributed by atoms with Gasteiger partial charge >= 0.3 is 0 Å². The molecule has 0 bridgehead atoms. The van der Waals surface area contributed by atoms with E-state index in [0.717, 1.165) is 37.2 Å². The van der Waals surface area contributed by atoms with Crippen molar-refractivity contribution in [2.75, 3.05) is 12.4 Å². The van der Waals surface area contributed by atoms with Crippen LogP contribution in [0, 0.1) is 5.92 Å². The standard InChI is InChI=1S/C16H21N3O2/c1-17-14-4-2-3-12(18-14)6-5-11-9-13(10-11)19-15(20)7-8-16(19)21/h2-4,11,13H,5-10H2,1H3,(H,17,18). The summed E-state index contributed by atoms with van der Waals surface area (Å²) in [5.74, 6) is 1.54. The Balaban J connectivity index is 1.47. The Morgan fingerprint density at radius 1 is 1.24 bits per heavy atom. The minimum Gasteiger partial charge on any atom is -0.373 e. The summed E-state index contributed by atoms with van der Waals surface area (Å²) in [7, 11) is 1.87. The smallest absolute Gasteiger partial charge is 0.229 e. The summed E-state index contributed by atoms with van der Waals surface area (Å²) < 4.78 is 0. The molecule has 0 radical (unpaired) electrons. The molecule has 1 aliphatic heterocycles. The molecule has 112 valence electrons. The highest BCUT2D eigenvalue weighted by Gasteiger charge is 2.41. The normalized spacial score (nSPS) is 25.1. The van der Waals surface area contributed by atoms with Gasteiger partial charge in [0.15, 0.2) is 0 Å². The molecule has 2 fully saturated rings. The molecule has 5 nitrogen and oxygen atoms in total. The maximum atomic E-state index is 11.7. The Morgan fingerprint density at radius 3 is 2.62 bits per heavy atom. The molecule has 0 aromatic carbocycles. The number of nitrogens with one attached hydrogen (secondary N) is 1. The number of hydrogen-bond acceptors (Lipinski definition) is 4. The van der Waals surface area contributed by atoms with Gasteiger partial charge in [-0.3, -0.25) is 14.5 Å². The van der Waals surface area contributed by atoms with E-state index in [-0.39, 0.29) is 17.9 Å². The molecular formula is C16H21N3O2. The number of carbonyl (C=O) groups excluding carboxylic acids is 2. The van der Waals surface area contributed by atoms with Crippen LogP contribution < -0.4 is 5.32 Å². The zero-order chi connectivity index (χ0) is 14.8.